The number of aromatic nitrogens is 1. The zero-order chi connectivity index (χ0) is 23.7. The Hall–Kier alpha value is -3.75. The highest BCUT2D eigenvalue weighted by Crippen LogP contribution is 2.48. The summed E-state index contributed by atoms with van der Waals surface area (Å²) < 4.78 is 7.52. The lowest BCUT2D eigenvalue weighted by atomic mass is 9.92. The lowest BCUT2D eigenvalue weighted by Crippen LogP contribution is -2.66. The molecule has 2 atom stereocenters. The van der Waals surface area contributed by atoms with Gasteiger partial charge in [0, 0.05) is 34.0 Å². The lowest BCUT2D eigenvalue weighted by molar-refractivity contribution is -0.0197. The third kappa shape index (κ3) is 2.90. The molecule has 1 N–H and O–H groups in total. The molecule has 7 rings (SSSR count). The van der Waals surface area contributed by atoms with Gasteiger partial charge in [-0.2, -0.15) is 0 Å². The first kappa shape index (κ1) is 20.6. The van der Waals surface area contributed by atoms with E-state index in [0.717, 1.165) is 26.8 Å². The van der Waals surface area contributed by atoms with Crippen LogP contribution in [-0.2, 0) is 4.74 Å². The Kier molecular flexibility index (Phi) is 4.49. The standard InChI is InChI=1S/C27H21N3O4S/c31-19-11-12-29-25(26(19)32)27(33)28-13-14-34-15-22(28)30(29)24-17-7-1-2-9-20(17)35-21-10-4-6-16-5-3-8-18(24)23(16)21/h1-12,22,24,32H,13-15H2/t22-,24-/m1/s1. The first-order valence-electron chi connectivity index (χ1n) is 11.5. The van der Waals surface area contributed by atoms with E-state index in [9.17, 15) is 14.7 Å². The van der Waals surface area contributed by atoms with Crippen molar-refractivity contribution >= 4 is 28.4 Å². The minimum absolute atomic E-state index is 0.00880. The Labute approximate surface area is 205 Å². The topological polar surface area (TPSA) is 75.0 Å². The first-order valence-corrected chi connectivity index (χ1v) is 12.4. The number of ether oxygens (including phenoxy) is 1. The van der Waals surface area contributed by atoms with Gasteiger partial charge >= 0.3 is 0 Å². The van der Waals surface area contributed by atoms with E-state index in [2.05, 4.69) is 53.5 Å². The van der Waals surface area contributed by atoms with E-state index in [1.165, 1.54) is 11.0 Å². The highest BCUT2D eigenvalue weighted by Gasteiger charge is 2.45. The molecule has 3 aliphatic heterocycles. The van der Waals surface area contributed by atoms with Crippen LogP contribution in [0.25, 0.3) is 10.8 Å². The number of fused-ring (bicyclic) bond motifs is 3. The molecule has 0 unspecified atom stereocenters. The van der Waals surface area contributed by atoms with Crippen molar-refractivity contribution in [1.29, 1.82) is 0 Å². The summed E-state index contributed by atoms with van der Waals surface area (Å²) in [7, 11) is 0. The SMILES string of the molecule is O=C1c2c(O)c(=O)ccn2N([C@@H]2c3ccccc3Sc3cccc4cccc2c34)[C@@H]2COCCN12. The number of hydrogen-bond acceptors (Lipinski definition) is 6. The fraction of sp³-hybridized carbons (Fsp3) is 0.185. The molecule has 4 aromatic rings. The molecule has 0 bridgehead atoms. The predicted octanol–water partition coefficient (Wildman–Crippen LogP) is 3.71. The van der Waals surface area contributed by atoms with E-state index < -0.39 is 17.3 Å². The number of rotatable bonds is 1. The van der Waals surface area contributed by atoms with Crippen molar-refractivity contribution in [2.24, 2.45) is 0 Å². The molecule has 0 spiro atoms. The van der Waals surface area contributed by atoms with Crippen molar-refractivity contribution in [1.82, 2.24) is 9.58 Å². The van der Waals surface area contributed by atoms with Crippen LogP contribution in [0, 0.1) is 0 Å². The van der Waals surface area contributed by atoms with Crippen molar-refractivity contribution in [3.05, 3.63) is 100.0 Å². The second kappa shape index (κ2) is 7.63. The molecule has 174 valence electrons. The number of nitrogens with zero attached hydrogens (tertiary/aromatic N) is 3. The summed E-state index contributed by atoms with van der Waals surface area (Å²) in [6.45, 7) is 1.11. The van der Waals surface area contributed by atoms with Crippen LogP contribution in [-0.4, -0.2) is 46.5 Å². The van der Waals surface area contributed by atoms with Gasteiger partial charge in [-0.1, -0.05) is 60.3 Å². The molecule has 1 saturated heterocycles. The van der Waals surface area contributed by atoms with Crippen molar-refractivity contribution < 1.29 is 14.6 Å². The van der Waals surface area contributed by atoms with Crippen LogP contribution in [0.1, 0.15) is 27.7 Å². The Balaban J connectivity index is 1.58. The molecule has 35 heavy (non-hydrogen) atoms. The van der Waals surface area contributed by atoms with Crippen LogP contribution in [0.15, 0.2) is 87.5 Å². The molecule has 7 nitrogen and oxygen atoms in total. The maximum Gasteiger partial charge on any atom is 0.278 e. The monoisotopic (exact) mass is 483 g/mol. The molecule has 0 aliphatic carbocycles. The Morgan fingerprint density at radius 3 is 2.57 bits per heavy atom. The number of carbonyl (C=O) groups is 1. The van der Waals surface area contributed by atoms with E-state index in [4.69, 9.17) is 4.74 Å². The van der Waals surface area contributed by atoms with Gasteiger partial charge in [0.1, 0.15) is 6.17 Å². The quantitative estimate of drug-likeness (QED) is 0.445. The van der Waals surface area contributed by atoms with Crippen LogP contribution < -0.4 is 10.4 Å². The molecular formula is C27H21N3O4S. The summed E-state index contributed by atoms with van der Waals surface area (Å²) in [5.41, 5.74) is 1.61. The Morgan fingerprint density at radius 2 is 1.69 bits per heavy atom. The zero-order valence-electron chi connectivity index (χ0n) is 18.6. The molecule has 0 radical (unpaired) electrons. The molecule has 1 fully saturated rings. The summed E-state index contributed by atoms with van der Waals surface area (Å²) in [4.78, 5) is 29.8. The van der Waals surface area contributed by atoms with Gasteiger partial charge in [0.25, 0.3) is 5.91 Å². The molecule has 1 aromatic heterocycles. The molecule has 3 aromatic carbocycles. The van der Waals surface area contributed by atoms with Crippen LogP contribution in [0.2, 0.25) is 0 Å². The maximum absolute atomic E-state index is 13.5. The number of hydrogen-bond donors (Lipinski definition) is 1. The summed E-state index contributed by atoms with van der Waals surface area (Å²) >= 11 is 1.73. The van der Waals surface area contributed by atoms with Gasteiger partial charge in [-0.3, -0.25) is 19.3 Å². The van der Waals surface area contributed by atoms with E-state index in [-0.39, 0.29) is 17.6 Å². The van der Waals surface area contributed by atoms with Crippen LogP contribution in [0.5, 0.6) is 5.75 Å². The third-order valence-corrected chi connectivity index (χ3v) is 8.22. The lowest BCUT2D eigenvalue weighted by Gasteiger charge is -2.51. The normalized spacial score (nSPS) is 20.7. The molecule has 8 heteroatoms. The van der Waals surface area contributed by atoms with E-state index in [1.807, 2.05) is 12.1 Å². The van der Waals surface area contributed by atoms with Crippen LogP contribution in [0.3, 0.4) is 0 Å². The third-order valence-electron chi connectivity index (χ3n) is 7.07. The van der Waals surface area contributed by atoms with Crippen LogP contribution >= 0.6 is 11.8 Å². The van der Waals surface area contributed by atoms with Gasteiger partial charge in [-0.25, -0.2) is 0 Å². The summed E-state index contributed by atoms with van der Waals surface area (Å²) in [5, 5.41) is 15.1. The molecule has 0 saturated carbocycles. The molecular weight excluding hydrogens is 462 g/mol. The number of morpholine rings is 1. The largest absolute Gasteiger partial charge is 0.502 e. The van der Waals surface area contributed by atoms with Crippen molar-refractivity contribution in [3.8, 4) is 5.75 Å². The molecule has 1 amide bonds. The smallest absolute Gasteiger partial charge is 0.278 e. The number of benzene rings is 3. The van der Waals surface area contributed by atoms with Gasteiger partial charge in [0.05, 0.1) is 19.3 Å². The minimum atomic E-state index is -0.569. The second-order valence-electron chi connectivity index (χ2n) is 8.90. The van der Waals surface area contributed by atoms with Gasteiger partial charge < -0.3 is 14.7 Å². The number of pyridine rings is 1. The van der Waals surface area contributed by atoms with E-state index in [0.29, 0.717) is 19.8 Å². The van der Waals surface area contributed by atoms with Gasteiger partial charge in [0.15, 0.2) is 11.4 Å². The fourth-order valence-corrected chi connectivity index (χ4v) is 6.71. The van der Waals surface area contributed by atoms with Gasteiger partial charge in [-0.15, -0.1) is 0 Å². The zero-order valence-corrected chi connectivity index (χ0v) is 19.4. The highest BCUT2D eigenvalue weighted by molar-refractivity contribution is 7.99. The van der Waals surface area contributed by atoms with E-state index >= 15 is 0 Å². The predicted molar refractivity (Wildman–Crippen MR) is 133 cm³/mol. The van der Waals surface area contributed by atoms with Crippen molar-refractivity contribution in [2.45, 2.75) is 22.0 Å². The number of aromatic hydroxyl groups is 1. The fourth-order valence-electron chi connectivity index (χ4n) is 5.55. The summed E-state index contributed by atoms with van der Waals surface area (Å²) in [5.74, 6) is -0.887. The number of carbonyl (C=O) groups excluding carboxylic acids is 1. The Morgan fingerprint density at radius 1 is 0.914 bits per heavy atom. The number of amides is 1. The summed E-state index contributed by atoms with van der Waals surface area (Å²) in [6, 6.07) is 21.9. The average Bonchev–Trinajstić information content (AvgIpc) is 3.02. The highest BCUT2D eigenvalue weighted by atomic mass is 32.2. The first-order chi connectivity index (χ1) is 17.1. The van der Waals surface area contributed by atoms with Gasteiger partial charge in [0.2, 0.25) is 5.43 Å². The minimum Gasteiger partial charge on any atom is -0.502 e. The molecule has 4 heterocycles. The second-order valence-corrected chi connectivity index (χ2v) is 9.98. The van der Waals surface area contributed by atoms with Crippen molar-refractivity contribution in [3.63, 3.8) is 0 Å². The molecule has 3 aliphatic rings. The Bertz CT molecular complexity index is 1580. The van der Waals surface area contributed by atoms with Crippen LogP contribution in [0.4, 0.5) is 0 Å². The average molecular weight is 484 g/mol. The van der Waals surface area contributed by atoms with Crippen molar-refractivity contribution in [2.75, 3.05) is 24.8 Å². The summed E-state index contributed by atoms with van der Waals surface area (Å²) in [6.07, 6.45) is 1.18. The van der Waals surface area contributed by atoms with E-state index in [1.54, 1.807) is 27.5 Å². The maximum atomic E-state index is 13.5. The van der Waals surface area contributed by atoms with Gasteiger partial charge in [-0.05, 0) is 28.6 Å².